The number of hydrogen-bond acceptors (Lipinski definition) is 9. The van der Waals surface area contributed by atoms with Crippen LogP contribution in [-0.2, 0) is 17.5 Å². The van der Waals surface area contributed by atoms with E-state index in [4.69, 9.17) is 4.74 Å². The molecule has 7 rings (SSSR count). The Kier molecular flexibility index (Phi) is 8.36. The second-order valence-corrected chi connectivity index (χ2v) is 15.1. The lowest BCUT2D eigenvalue weighted by atomic mass is 10.0. The minimum atomic E-state index is -4.60. The van der Waals surface area contributed by atoms with Crippen molar-refractivity contribution in [2.75, 3.05) is 43.1 Å². The summed E-state index contributed by atoms with van der Waals surface area (Å²) in [6, 6.07) is 9.88. The van der Waals surface area contributed by atoms with Gasteiger partial charge in [0.25, 0.3) is 5.91 Å². The number of fused-ring (bicyclic) bond motifs is 1. The molecule has 3 aliphatic rings. The summed E-state index contributed by atoms with van der Waals surface area (Å²) >= 11 is 6.19. The predicted octanol–water partition coefficient (Wildman–Crippen LogP) is 6.85. The lowest BCUT2D eigenvalue weighted by molar-refractivity contribution is -0.774. The van der Waals surface area contributed by atoms with E-state index in [0.29, 0.717) is 28.7 Å². The number of carbonyl (C=O) groups excluding carboxylic acids is 1. The number of likely N-dealkylation sites (tertiary alicyclic amines) is 1. The van der Waals surface area contributed by atoms with E-state index >= 15 is 0 Å². The Bertz CT molecular complexity index is 1820. The van der Waals surface area contributed by atoms with Crippen molar-refractivity contribution in [1.82, 2.24) is 14.9 Å². The number of carbonyl (C=O) groups is 1. The molecule has 2 unspecified atom stereocenters. The average Bonchev–Trinajstić information content (AvgIpc) is 3.88. The fourth-order valence-corrected chi connectivity index (χ4v) is 7.28. The standard InChI is InChI=1S/C33H36F3N7O2S2/c1-18-4-7-22(13-26(18)41-32-28(45-32)24-16-47-29-27(24)37-17-38-30(29)39-21-8-9-21)40-31(44)19-5-6-20(25(12-19)33(34,35)36)14-42-11-10-23(15-42)43(2,3)46/h4-7,12-13,16-17,21,23,28,32,41,46H,8-11,14-15H2,1-3H3,(H-,37,38,39,40,44)/p+1/t23-,28?,32?/m0/s1. The topological polar surface area (TPSA) is 94.7 Å². The summed E-state index contributed by atoms with van der Waals surface area (Å²) in [5, 5.41) is 11.7. The molecule has 0 radical (unpaired) electrons. The predicted molar refractivity (Wildman–Crippen MR) is 181 cm³/mol. The lowest BCUT2D eigenvalue weighted by Crippen LogP contribution is -2.42. The Morgan fingerprint density at radius 3 is 2.66 bits per heavy atom. The SMILES string of the molecule is Cc1ccc(NC(=O)c2ccc(CN3CC[C@H]([N+](C)(C)S)C3)c(C(F)(F)F)c2)cc1NC1OC1c1csc2c(NC3CC3)ncnc12. The van der Waals surface area contributed by atoms with Gasteiger partial charge in [-0.1, -0.05) is 12.1 Å². The third kappa shape index (κ3) is 7.07. The van der Waals surface area contributed by atoms with E-state index in [2.05, 4.69) is 44.1 Å². The average molecular weight is 685 g/mol. The summed E-state index contributed by atoms with van der Waals surface area (Å²) in [5.74, 6) is 0.237. The molecule has 3 atom stereocenters. The molecule has 1 saturated carbocycles. The van der Waals surface area contributed by atoms with Crippen molar-refractivity contribution in [2.24, 2.45) is 0 Å². The molecule has 1 aliphatic carbocycles. The number of epoxide rings is 1. The van der Waals surface area contributed by atoms with Crippen LogP contribution in [-0.4, -0.2) is 70.2 Å². The summed E-state index contributed by atoms with van der Waals surface area (Å²) in [6.07, 6.45) is -0.357. The van der Waals surface area contributed by atoms with Crippen LogP contribution in [0.15, 0.2) is 48.1 Å². The molecule has 3 fully saturated rings. The zero-order chi connectivity index (χ0) is 33.1. The Morgan fingerprint density at radius 2 is 1.94 bits per heavy atom. The normalized spacial score (nSPS) is 21.6. The Labute approximate surface area is 280 Å². The number of nitrogens with one attached hydrogen (secondary N) is 3. The van der Waals surface area contributed by atoms with Gasteiger partial charge in [0.15, 0.2) is 6.23 Å². The molecule has 2 aromatic heterocycles. The molecule has 4 aromatic rings. The number of thiol groups is 1. The van der Waals surface area contributed by atoms with E-state index in [-0.39, 0.29) is 36.0 Å². The molecule has 4 heterocycles. The van der Waals surface area contributed by atoms with Crippen LogP contribution in [0.3, 0.4) is 0 Å². The van der Waals surface area contributed by atoms with Crippen molar-refractivity contribution in [1.29, 1.82) is 0 Å². The first-order chi connectivity index (χ1) is 22.3. The number of aromatic nitrogens is 2. The van der Waals surface area contributed by atoms with Crippen LogP contribution >= 0.6 is 24.2 Å². The summed E-state index contributed by atoms with van der Waals surface area (Å²) in [6.45, 7) is 3.44. The van der Waals surface area contributed by atoms with Gasteiger partial charge in [0, 0.05) is 48.1 Å². The number of thiophene rings is 1. The minimum absolute atomic E-state index is 0.0592. The molecule has 0 bridgehead atoms. The maximum atomic E-state index is 14.2. The van der Waals surface area contributed by atoms with Gasteiger partial charge in [-0.15, -0.1) is 11.3 Å². The number of halogens is 3. The molecule has 1 amide bonds. The quantitative estimate of drug-likeness (QED) is 0.0825. The van der Waals surface area contributed by atoms with Crippen molar-refractivity contribution in [3.8, 4) is 0 Å². The van der Waals surface area contributed by atoms with Crippen LogP contribution in [0, 0.1) is 6.92 Å². The smallest absolute Gasteiger partial charge is 0.366 e. The number of nitrogens with zero attached hydrogens (tertiary/aromatic N) is 4. The summed E-state index contributed by atoms with van der Waals surface area (Å²) in [4.78, 5) is 24.2. The van der Waals surface area contributed by atoms with E-state index in [9.17, 15) is 18.0 Å². The summed E-state index contributed by atoms with van der Waals surface area (Å²) in [5.41, 5.74) is 3.30. The molecule has 2 saturated heterocycles. The number of ether oxygens (including phenoxy) is 1. The molecule has 2 aromatic carbocycles. The third-order valence-corrected chi connectivity index (χ3v) is 10.4. The van der Waals surface area contributed by atoms with E-state index in [0.717, 1.165) is 58.2 Å². The molecule has 3 N–H and O–H groups in total. The van der Waals surface area contributed by atoms with Crippen LogP contribution in [0.5, 0.6) is 0 Å². The number of amides is 1. The van der Waals surface area contributed by atoms with Crippen molar-refractivity contribution in [3.05, 3.63) is 75.9 Å². The number of rotatable bonds is 10. The molecular weight excluding hydrogens is 648 g/mol. The van der Waals surface area contributed by atoms with E-state index in [1.54, 1.807) is 29.8 Å². The molecular formula is C33H37F3N7O2S2+. The highest BCUT2D eigenvalue weighted by Crippen LogP contribution is 2.45. The third-order valence-electron chi connectivity index (χ3n) is 9.10. The monoisotopic (exact) mass is 684 g/mol. The van der Waals surface area contributed by atoms with Gasteiger partial charge in [0.05, 0.1) is 49.2 Å². The number of aryl methyl sites for hydroxylation is 1. The second kappa shape index (κ2) is 12.2. The van der Waals surface area contributed by atoms with Gasteiger partial charge >= 0.3 is 6.18 Å². The first-order valence-electron chi connectivity index (χ1n) is 15.6. The van der Waals surface area contributed by atoms with Crippen LogP contribution in [0.4, 0.5) is 30.4 Å². The zero-order valence-corrected chi connectivity index (χ0v) is 28.0. The van der Waals surface area contributed by atoms with E-state index in [1.165, 1.54) is 12.1 Å². The minimum Gasteiger partial charge on any atom is -0.366 e. The first kappa shape index (κ1) is 32.1. The van der Waals surface area contributed by atoms with Crippen molar-refractivity contribution >= 4 is 57.5 Å². The zero-order valence-electron chi connectivity index (χ0n) is 26.3. The number of alkyl halides is 3. The Hall–Kier alpha value is -3.43. The number of hydrogen-bond donors (Lipinski definition) is 4. The van der Waals surface area contributed by atoms with Crippen LogP contribution < -0.4 is 16.0 Å². The molecule has 14 heteroatoms. The van der Waals surface area contributed by atoms with Gasteiger partial charge in [0.1, 0.15) is 24.3 Å². The van der Waals surface area contributed by atoms with Crippen LogP contribution in [0.2, 0.25) is 0 Å². The molecule has 47 heavy (non-hydrogen) atoms. The number of quaternary nitrogens is 1. The van der Waals surface area contributed by atoms with Gasteiger partial charge in [-0.05, 0) is 60.5 Å². The summed E-state index contributed by atoms with van der Waals surface area (Å²) < 4.78 is 50.0. The highest BCUT2D eigenvalue weighted by atomic mass is 32.1. The highest BCUT2D eigenvalue weighted by Gasteiger charge is 2.43. The maximum Gasteiger partial charge on any atom is 0.416 e. The van der Waals surface area contributed by atoms with Crippen molar-refractivity contribution in [2.45, 2.75) is 63.3 Å². The molecule has 248 valence electrons. The fourth-order valence-electron chi connectivity index (χ4n) is 6.10. The molecule has 2 aliphatic heterocycles. The number of anilines is 3. The van der Waals surface area contributed by atoms with Gasteiger partial charge < -0.3 is 20.7 Å². The van der Waals surface area contributed by atoms with E-state index < -0.39 is 17.6 Å². The van der Waals surface area contributed by atoms with Crippen LogP contribution in [0.25, 0.3) is 10.2 Å². The van der Waals surface area contributed by atoms with Crippen LogP contribution in [0.1, 0.15) is 58.0 Å². The Balaban J connectivity index is 1.02. The first-order valence-corrected chi connectivity index (χ1v) is 16.9. The van der Waals surface area contributed by atoms with Gasteiger partial charge in [-0.2, -0.15) is 13.2 Å². The number of benzene rings is 2. The maximum absolute atomic E-state index is 14.2. The largest absolute Gasteiger partial charge is 0.416 e. The molecule has 9 nitrogen and oxygen atoms in total. The lowest BCUT2D eigenvalue weighted by Gasteiger charge is -2.29. The fraction of sp³-hybridized carbons (Fsp3) is 0.424. The van der Waals surface area contributed by atoms with E-state index in [1.807, 2.05) is 32.0 Å². The highest BCUT2D eigenvalue weighted by molar-refractivity contribution is 7.74. The summed E-state index contributed by atoms with van der Waals surface area (Å²) in [7, 11) is 3.95. The Morgan fingerprint density at radius 1 is 1.13 bits per heavy atom. The van der Waals surface area contributed by atoms with Crippen molar-refractivity contribution in [3.63, 3.8) is 0 Å². The second-order valence-electron chi connectivity index (χ2n) is 13.1. The molecule has 0 spiro atoms. The van der Waals surface area contributed by atoms with Crippen molar-refractivity contribution < 1.29 is 26.6 Å². The van der Waals surface area contributed by atoms with Gasteiger partial charge in [0.2, 0.25) is 0 Å². The van der Waals surface area contributed by atoms with Gasteiger partial charge in [-0.25, -0.2) is 9.97 Å². The number of likely N-dealkylation sites (N-methyl/N-ethyl adjacent to an activating group) is 1. The van der Waals surface area contributed by atoms with Gasteiger partial charge in [-0.3, -0.25) is 13.6 Å².